The van der Waals surface area contributed by atoms with Crippen molar-refractivity contribution in [3.8, 4) is 0 Å². The Morgan fingerprint density at radius 1 is 1.25 bits per heavy atom. The van der Waals surface area contributed by atoms with Gasteiger partial charge in [-0.05, 0) is 56.9 Å². The first kappa shape index (κ1) is 15.3. The molecule has 2 rings (SSSR count). The summed E-state index contributed by atoms with van der Waals surface area (Å²) in [5.74, 6) is -0.249. The summed E-state index contributed by atoms with van der Waals surface area (Å²) in [4.78, 5) is 11.6. The van der Waals surface area contributed by atoms with Crippen molar-refractivity contribution >= 4 is 5.97 Å². The SMILES string of the molecule is C[C@H]1CCC/C=C/[C@@H]2C[C@H](O)C[C@H]2[C@H](O)C=CC(=O)O1. The Kier molecular flexibility index (Phi) is 5.38. The number of esters is 1. The van der Waals surface area contributed by atoms with E-state index in [2.05, 4.69) is 12.2 Å². The van der Waals surface area contributed by atoms with E-state index < -0.39 is 12.1 Å². The molecule has 1 aliphatic carbocycles. The maximum absolute atomic E-state index is 11.6. The molecule has 0 saturated heterocycles. The van der Waals surface area contributed by atoms with Gasteiger partial charge in [0.2, 0.25) is 0 Å². The van der Waals surface area contributed by atoms with Gasteiger partial charge >= 0.3 is 5.97 Å². The van der Waals surface area contributed by atoms with Gasteiger partial charge in [0.05, 0.1) is 18.3 Å². The van der Waals surface area contributed by atoms with Crippen LogP contribution < -0.4 is 0 Å². The van der Waals surface area contributed by atoms with E-state index in [1.54, 1.807) is 0 Å². The van der Waals surface area contributed by atoms with Gasteiger partial charge in [-0.1, -0.05) is 12.2 Å². The molecule has 0 bridgehead atoms. The van der Waals surface area contributed by atoms with Crippen LogP contribution in [-0.2, 0) is 9.53 Å². The lowest BCUT2D eigenvalue weighted by Crippen LogP contribution is -2.21. The Morgan fingerprint density at radius 3 is 2.85 bits per heavy atom. The summed E-state index contributed by atoms with van der Waals surface area (Å²) in [5.41, 5.74) is 0. The van der Waals surface area contributed by atoms with E-state index in [4.69, 9.17) is 4.74 Å². The molecule has 20 heavy (non-hydrogen) atoms. The summed E-state index contributed by atoms with van der Waals surface area (Å²) in [5, 5.41) is 20.0. The quantitative estimate of drug-likeness (QED) is 0.526. The van der Waals surface area contributed by atoms with Gasteiger partial charge in [-0.3, -0.25) is 0 Å². The number of aliphatic hydroxyl groups excluding tert-OH is 2. The number of cyclic esters (lactones) is 1. The van der Waals surface area contributed by atoms with Crippen LogP contribution in [0.25, 0.3) is 0 Å². The fourth-order valence-corrected chi connectivity index (χ4v) is 3.10. The van der Waals surface area contributed by atoms with Crippen LogP contribution in [-0.4, -0.2) is 34.5 Å². The summed E-state index contributed by atoms with van der Waals surface area (Å²) in [6.07, 6.45) is 9.87. The molecule has 4 heteroatoms. The Labute approximate surface area is 120 Å². The van der Waals surface area contributed by atoms with E-state index in [-0.39, 0.29) is 24.0 Å². The first-order chi connectivity index (χ1) is 9.56. The molecule has 1 aliphatic heterocycles. The van der Waals surface area contributed by atoms with Crippen molar-refractivity contribution in [3.63, 3.8) is 0 Å². The van der Waals surface area contributed by atoms with Crippen LogP contribution in [0.1, 0.15) is 39.0 Å². The average molecular weight is 280 g/mol. The highest BCUT2D eigenvalue weighted by Gasteiger charge is 2.35. The number of rotatable bonds is 0. The van der Waals surface area contributed by atoms with E-state index in [1.165, 1.54) is 12.2 Å². The maximum Gasteiger partial charge on any atom is 0.330 e. The summed E-state index contributed by atoms with van der Waals surface area (Å²) in [7, 11) is 0. The van der Waals surface area contributed by atoms with Gasteiger partial charge in [0.1, 0.15) is 0 Å². The van der Waals surface area contributed by atoms with Crippen molar-refractivity contribution in [2.75, 3.05) is 0 Å². The molecule has 0 spiro atoms. The molecule has 2 aliphatic rings. The van der Waals surface area contributed by atoms with E-state index in [0.29, 0.717) is 12.8 Å². The van der Waals surface area contributed by atoms with E-state index >= 15 is 0 Å². The Balaban J connectivity index is 2.11. The van der Waals surface area contributed by atoms with Gasteiger partial charge in [-0.25, -0.2) is 4.79 Å². The molecule has 0 aromatic heterocycles. The third-order valence-electron chi connectivity index (χ3n) is 4.19. The van der Waals surface area contributed by atoms with Gasteiger partial charge in [0.15, 0.2) is 0 Å². The van der Waals surface area contributed by atoms with Gasteiger partial charge in [-0.15, -0.1) is 0 Å². The Hall–Kier alpha value is -1.13. The predicted molar refractivity (Wildman–Crippen MR) is 75.9 cm³/mol. The number of hydrogen-bond donors (Lipinski definition) is 2. The topological polar surface area (TPSA) is 66.8 Å². The minimum atomic E-state index is -0.717. The Morgan fingerprint density at radius 2 is 2.05 bits per heavy atom. The number of ether oxygens (including phenoxy) is 1. The van der Waals surface area contributed by atoms with E-state index in [0.717, 1.165) is 19.3 Å². The summed E-state index contributed by atoms with van der Waals surface area (Å²) >= 11 is 0. The van der Waals surface area contributed by atoms with Crippen molar-refractivity contribution in [1.29, 1.82) is 0 Å². The van der Waals surface area contributed by atoms with E-state index in [1.807, 2.05) is 6.92 Å². The molecule has 0 amide bonds. The van der Waals surface area contributed by atoms with Gasteiger partial charge in [0, 0.05) is 6.08 Å². The largest absolute Gasteiger partial charge is 0.460 e. The van der Waals surface area contributed by atoms with Gasteiger partial charge < -0.3 is 14.9 Å². The van der Waals surface area contributed by atoms with Crippen LogP contribution in [0, 0.1) is 11.8 Å². The number of carbonyl (C=O) groups excluding carboxylic acids is 1. The van der Waals surface area contributed by atoms with Gasteiger partial charge in [-0.2, -0.15) is 0 Å². The van der Waals surface area contributed by atoms with Crippen molar-refractivity contribution in [2.45, 2.75) is 57.3 Å². The molecule has 5 atom stereocenters. The van der Waals surface area contributed by atoms with Crippen molar-refractivity contribution in [1.82, 2.24) is 0 Å². The molecule has 112 valence electrons. The Bertz CT molecular complexity index is 388. The average Bonchev–Trinajstić information content (AvgIpc) is 2.76. The number of carbonyl (C=O) groups is 1. The lowest BCUT2D eigenvalue weighted by atomic mass is 9.90. The zero-order chi connectivity index (χ0) is 14.5. The molecule has 0 aromatic carbocycles. The molecule has 1 fully saturated rings. The third kappa shape index (κ3) is 4.18. The smallest absolute Gasteiger partial charge is 0.330 e. The van der Waals surface area contributed by atoms with E-state index in [9.17, 15) is 15.0 Å². The normalized spacial score (nSPS) is 41.0. The summed E-state index contributed by atoms with van der Waals surface area (Å²) < 4.78 is 5.23. The maximum atomic E-state index is 11.6. The van der Waals surface area contributed by atoms with Crippen molar-refractivity contribution < 1.29 is 19.7 Å². The van der Waals surface area contributed by atoms with Crippen molar-refractivity contribution in [3.05, 3.63) is 24.3 Å². The fraction of sp³-hybridized carbons (Fsp3) is 0.688. The number of hydrogen-bond acceptors (Lipinski definition) is 4. The predicted octanol–water partition coefficient (Wildman–Crippen LogP) is 1.96. The highest BCUT2D eigenvalue weighted by molar-refractivity contribution is 5.82. The highest BCUT2D eigenvalue weighted by Crippen LogP contribution is 2.36. The molecule has 0 aromatic rings. The zero-order valence-electron chi connectivity index (χ0n) is 11.9. The first-order valence-corrected chi connectivity index (χ1v) is 7.48. The number of aliphatic hydroxyl groups is 2. The monoisotopic (exact) mass is 280 g/mol. The van der Waals surface area contributed by atoms with Gasteiger partial charge in [0.25, 0.3) is 0 Å². The molecule has 1 heterocycles. The minimum absolute atomic E-state index is 0.0246. The fourth-order valence-electron chi connectivity index (χ4n) is 3.10. The third-order valence-corrected chi connectivity index (χ3v) is 4.19. The second kappa shape index (κ2) is 7.04. The number of fused-ring (bicyclic) bond motifs is 1. The van der Waals surface area contributed by atoms with Crippen LogP contribution in [0.2, 0.25) is 0 Å². The summed E-state index contributed by atoms with van der Waals surface area (Å²) in [6, 6.07) is 0. The zero-order valence-corrected chi connectivity index (χ0v) is 11.9. The van der Waals surface area contributed by atoms with Crippen LogP contribution in [0.4, 0.5) is 0 Å². The minimum Gasteiger partial charge on any atom is -0.460 e. The second-order valence-electron chi connectivity index (χ2n) is 5.91. The molecule has 4 nitrogen and oxygen atoms in total. The lowest BCUT2D eigenvalue weighted by molar-refractivity contribution is -0.142. The molecule has 1 saturated carbocycles. The van der Waals surface area contributed by atoms with Crippen LogP contribution in [0.5, 0.6) is 0 Å². The number of allylic oxidation sites excluding steroid dienone is 2. The molecule has 0 unspecified atom stereocenters. The first-order valence-electron chi connectivity index (χ1n) is 7.48. The molecule has 0 radical (unpaired) electrons. The second-order valence-corrected chi connectivity index (χ2v) is 5.91. The molecular weight excluding hydrogens is 256 g/mol. The molecule has 2 N–H and O–H groups in total. The van der Waals surface area contributed by atoms with Crippen molar-refractivity contribution in [2.24, 2.45) is 11.8 Å². The summed E-state index contributed by atoms with van der Waals surface area (Å²) in [6.45, 7) is 1.89. The van der Waals surface area contributed by atoms with Crippen LogP contribution in [0.3, 0.4) is 0 Å². The molecular formula is C16H24O4. The standard InChI is InChI=1S/C16H24O4/c1-11-5-3-2-4-6-12-9-13(17)10-14(12)15(18)7-8-16(19)20-11/h4,6-8,11-15,17-18H,2-3,5,9-10H2,1H3/b6-4+,8-7?/t11-,12+,13-,14+,15+/m0/s1. The highest BCUT2D eigenvalue weighted by atomic mass is 16.5. The van der Waals surface area contributed by atoms with Crippen LogP contribution in [0.15, 0.2) is 24.3 Å². The lowest BCUT2D eigenvalue weighted by Gasteiger charge is -2.19. The van der Waals surface area contributed by atoms with Crippen LogP contribution >= 0.6 is 0 Å².